The zero-order valence-electron chi connectivity index (χ0n) is 13.1. The van der Waals surface area contributed by atoms with Gasteiger partial charge in [0.2, 0.25) is 5.91 Å². The first-order valence-electron chi connectivity index (χ1n) is 8.43. The first kappa shape index (κ1) is 15.5. The van der Waals surface area contributed by atoms with Gasteiger partial charge in [0.1, 0.15) is 6.10 Å². The highest BCUT2D eigenvalue weighted by molar-refractivity contribution is 5.80. The Kier molecular flexibility index (Phi) is 5.46. The fourth-order valence-corrected chi connectivity index (χ4v) is 3.29. The molecule has 1 aromatic rings. The van der Waals surface area contributed by atoms with Gasteiger partial charge in [-0.05, 0) is 49.7 Å². The van der Waals surface area contributed by atoms with E-state index in [-0.39, 0.29) is 18.1 Å². The maximum Gasteiger partial charge on any atom is 0.249 e. The number of benzene rings is 1. The van der Waals surface area contributed by atoms with Gasteiger partial charge in [-0.2, -0.15) is 0 Å². The number of ether oxygens (including phenoxy) is 2. The van der Waals surface area contributed by atoms with E-state index in [4.69, 9.17) is 9.47 Å². The van der Waals surface area contributed by atoms with Crippen LogP contribution in [0.3, 0.4) is 0 Å². The number of rotatable bonds is 6. The third kappa shape index (κ3) is 3.87. The Morgan fingerprint density at radius 2 is 2.18 bits per heavy atom. The number of fused-ring (bicyclic) bond motifs is 1. The van der Waals surface area contributed by atoms with Crippen LogP contribution in [-0.2, 0) is 20.7 Å². The molecular formula is C18H25NO3. The normalized spacial score (nSPS) is 24.0. The number of carbonyl (C=O) groups is 1. The smallest absolute Gasteiger partial charge is 0.249 e. The molecule has 0 spiro atoms. The maximum absolute atomic E-state index is 11.8. The van der Waals surface area contributed by atoms with E-state index in [0.717, 1.165) is 32.1 Å². The summed E-state index contributed by atoms with van der Waals surface area (Å²) in [6.07, 6.45) is 6.12. The average Bonchev–Trinajstić information content (AvgIpc) is 3.09. The number of hydrogen-bond acceptors (Lipinski definition) is 3. The Hall–Kier alpha value is -1.39. The molecule has 0 saturated carbocycles. The summed E-state index contributed by atoms with van der Waals surface area (Å²) in [4.78, 5) is 11.8. The van der Waals surface area contributed by atoms with Crippen LogP contribution in [0.4, 0.5) is 0 Å². The van der Waals surface area contributed by atoms with Crippen molar-refractivity contribution in [3.63, 3.8) is 0 Å². The Morgan fingerprint density at radius 1 is 1.27 bits per heavy atom. The Bertz CT molecular complexity index is 497. The van der Waals surface area contributed by atoms with E-state index < -0.39 is 0 Å². The molecule has 1 aliphatic heterocycles. The van der Waals surface area contributed by atoms with Crippen molar-refractivity contribution in [2.24, 2.45) is 0 Å². The molecule has 1 aromatic carbocycles. The predicted molar refractivity (Wildman–Crippen MR) is 84.7 cm³/mol. The molecule has 2 atom stereocenters. The monoisotopic (exact) mass is 303 g/mol. The molecule has 1 aliphatic carbocycles. The molecule has 0 unspecified atom stereocenters. The lowest BCUT2D eigenvalue weighted by molar-refractivity contribution is -0.130. The van der Waals surface area contributed by atoms with Crippen LogP contribution in [0.1, 0.15) is 49.3 Å². The Labute approximate surface area is 132 Å². The summed E-state index contributed by atoms with van der Waals surface area (Å²) in [5.74, 6) is 0.0283. The molecule has 1 N–H and O–H groups in total. The van der Waals surface area contributed by atoms with Crippen molar-refractivity contribution < 1.29 is 14.3 Å². The largest absolute Gasteiger partial charge is 0.373 e. The molecule has 4 heteroatoms. The zero-order valence-corrected chi connectivity index (χ0v) is 13.1. The lowest BCUT2D eigenvalue weighted by atomic mass is 9.89. The lowest BCUT2D eigenvalue weighted by Crippen LogP contribution is -2.35. The molecular weight excluding hydrogens is 278 g/mol. The first-order chi connectivity index (χ1) is 10.8. The van der Waals surface area contributed by atoms with Crippen molar-refractivity contribution in [3.05, 3.63) is 35.4 Å². The molecule has 120 valence electrons. The zero-order chi connectivity index (χ0) is 15.2. The van der Waals surface area contributed by atoms with E-state index in [1.165, 1.54) is 17.5 Å². The molecule has 22 heavy (non-hydrogen) atoms. The minimum Gasteiger partial charge on any atom is -0.373 e. The molecule has 3 rings (SSSR count). The lowest BCUT2D eigenvalue weighted by Gasteiger charge is -2.25. The van der Waals surface area contributed by atoms with Gasteiger partial charge in [0.25, 0.3) is 0 Å². The van der Waals surface area contributed by atoms with E-state index in [0.29, 0.717) is 19.8 Å². The standard InChI is InChI=1S/C18H25NO3/c20-18(17-10-4-12-22-17)19-11-5-13-21-16-9-3-7-14-6-1-2-8-15(14)16/h1-2,6,8,16-17H,3-5,7,9-13H2,(H,19,20)/t16-,17-/m0/s1. The minimum absolute atomic E-state index is 0.0283. The molecule has 1 fully saturated rings. The second kappa shape index (κ2) is 7.75. The number of amides is 1. The van der Waals surface area contributed by atoms with Crippen LogP contribution >= 0.6 is 0 Å². The molecule has 4 nitrogen and oxygen atoms in total. The fourth-order valence-electron chi connectivity index (χ4n) is 3.29. The van der Waals surface area contributed by atoms with Crippen LogP contribution < -0.4 is 5.32 Å². The van der Waals surface area contributed by atoms with E-state index in [1.54, 1.807) is 0 Å². The number of nitrogens with one attached hydrogen (secondary N) is 1. The Morgan fingerprint density at radius 3 is 3.05 bits per heavy atom. The van der Waals surface area contributed by atoms with Crippen LogP contribution in [0, 0.1) is 0 Å². The number of aryl methyl sites for hydroxylation is 1. The van der Waals surface area contributed by atoms with Crippen LogP contribution in [0.5, 0.6) is 0 Å². The summed E-state index contributed by atoms with van der Waals surface area (Å²) in [5, 5.41) is 2.94. The fraction of sp³-hybridized carbons (Fsp3) is 0.611. The predicted octanol–water partition coefficient (Wildman–Crippen LogP) is 2.77. The van der Waals surface area contributed by atoms with Gasteiger partial charge in [0.05, 0.1) is 6.10 Å². The molecule has 1 heterocycles. The van der Waals surface area contributed by atoms with Gasteiger partial charge in [-0.25, -0.2) is 0 Å². The van der Waals surface area contributed by atoms with E-state index in [9.17, 15) is 4.79 Å². The molecule has 1 amide bonds. The maximum atomic E-state index is 11.8. The van der Waals surface area contributed by atoms with Gasteiger partial charge >= 0.3 is 0 Å². The summed E-state index contributed by atoms with van der Waals surface area (Å²) in [5.41, 5.74) is 2.77. The summed E-state index contributed by atoms with van der Waals surface area (Å²) in [7, 11) is 0. The van der Waals surface area contributed by atoms with Crippen molar-refractivity contribution in [2.45, 2.75) is 50.7 Å². The summed E-state index contributed by atoms with van der Waals surface area (Å²) in [6.45, 7) is 2.06. The summed E-state index contributed by atoms with van der Waals surface area (Å²) < 4.78 is 11.4. The van der Waals surface area contributed by atoms with Gasteiger partial charge in [-0.1, -0.05) is 24.3 Å². The van der Waals surface area contributed by atoms with Gasteiger partial charge < -0.3 is 14.8 Å². The summed E-state index contributed by atoms with van der Waals surface area (Å²) >= 11 is 0. The molecule has 0 bridgehead atoms. The molecule has 2 aliphatic rings. The minimum atomic E-state index is -0.230. The third-order valence-electron chi connectivity index (χ3n) is 4.48. The van der Waals surface area contributed by atoms with Gasteiger partial charge in [0.15, 0.2) is 0 Å². The van der Waals surface area contributed by atoms with Gasteiger partial charge in [-0.3, -0.25) is 4.79 Å². The van der Waals surface area contributed by atoms with E-state index >= 15 is 0 Å². The van der Waals surface area contributed by atoms with Crippen molar-refractivity contribution in [1.29, 1.82) is 0 Å². The van der Waals surface area contributed by atoms with E-state index in [2.05, 4.69) is 29.6 Å². The molecule has 1 saturated heterocycles. The third-order valence-corrected chi connectivity index (χ3v) is 4.48. The van der Waals surface area contributed by atoms with Crippen molar-refractivity contribution in [1.82, 2.24) is 5.32 Å². The van der Waals surface area contributed by atoms with E-state index in [1.807, 2.05) is 0 Å². The Balaban J connectivity index is 1.36. The topological polar surface area (TPSA) is 47.6 Å². The SMILES string of the molecule is O=C(NCCCO[C@H]1CCCc2ccccc21)[C@@H]1CCCO1. The quantitative estimate of drug-likeness (QED) is 0.822. The average molecular weight is 303 g/mol. The highest BCUT2D eigenvalue weighted by Gasteiger charge is 2.23. The second-order valence-electron chi connectivity index (χ2n) is 6.10. The highest BCUT2D eigenvalue weighted by atomic mass is 16.5. The van der Waals surface area contributed by atoms with Gasteiger partial charge in [-0.15, -0.1) is 0 Å². The van der Waals surface area contributed by atoms with Crippen molar-refractivity contribution in [2.75, 3.05) is 19.8 Å². The van der Waals surface area contributed by atoms with Gasteiger partial charge in [0, 0.05) is 19.8 Å². The number of carbonyl (C=O) groups excluding carboxylic acids is 1. The van der Waals surface area contributed by atoms with Crippen LogP contribution in [0.25, 0.3) is 0 Å². The highest BCUT2D eigenvalue weighted by Crippen LogP contribution is 2.32. The number of hydrogen-bond donors (Lipinski definition) is 1. The summed E-state index contributed by atoms with van der Waals surface area (Å²) in [6, 6.07) is 8.56. The van der Waals surface area contributed by atoms with Crippen LogP contribution in [0.2, 0.25) is 0 Å². The first-order valence-corrected chi connectivity index (χ1v) is 8.43. The van der Waals surface area contributed by atoms with Crippen LogP contribution in [0.15, 0.2) is 24.3 Å². The second-order valence-corrected chi connectivity index (χ2v) is 6.10. The van der Waals surface area contributed by atoms with Crippen LogP contribution in [-0.4, -0.2) is 31.8 Å². The molecule has 0 radical (unpaired) electrons. The van der Waals surface area contributed by atoms with Crippen molar-refractivity contribution in [3.8, 4) is 0 Å². The van der Waals surface area contributed by atoms with Crippen molar-refractivity contribution >= 4 is 5.91 Å². The molecule has 0 aromatic heterocycles.